The van der Waals surface area contributed by atoms with Crippen molar-refractivity contribution < 1.29 is 23.1 Å². The Morgan fingerprint density at radius 2 is 1.79 bits per heavy atom. The molecule has 2 N–H and O–H groups in total. The number of hydrogen-bond donors (Lipinski definition) is 2. The topological polar surface area (TPSA) is 115 Å². The lowest BCUT2D eigenvalue weighted by Gasteiger charge is -2.20. The van der Waals surface area contributed by atoms with Crippen LogP contribution in [-0.4, -0.2) is 20.3 Å². The van der Waals surface area contributed by atoms with Crippen LogP contribution in [0.3, 0.4) is 0 Å². The van der Waals surface area contributed by atoms with Crippen molar-refractivity contribution >= 4 is 38.4 Å². The van der Waals surface area contributed by atoms with Crippen molar-refractivity contribution in [2.75, 3.05) is 5.32 Å². The van der Waals surface area contributed by atoms with E-state index in [-0.39, 0.29) is 10.8 Å². The van der Waals surface area contributed by atoms with Crippen molar-refractivity contribution in [3.63, 3.8) is 0 Å². The van der Waals surface area contributed by atoms with E-state index in [9.17, 15) is 23.1 Å². The van der Waals surface area contributed by atoms with E-state index in [0.29, 0.717) is 27.6 Å². The molecule has 0 fully saturated rings. The van der Waals surface area contributed by atoms with E-state index in [1.165, 1.54) is 12.1 Å². The third kappa shape index (κ3) is 3.12. The maximum absolute atomic E-state index is 13.1. The van der Waals surface area contributed by atoms with Crippen molar-refractivity contribution in [3.05, 3.63) is 71.8 Å². The Morgan fingerprint density at radius 3 is 2.50 bits per heavy atom. The Labute approximate surface area is 161 Å². The highest BCUT2D eigenvalue weighted by molar-refractivity contribution is 7.89. The molecule has 3 aromatic carbocycles. The summed E-state index contributed by atoms with van der Waals surface area (Å²) in [5.74, 6) is -1.66. The van der Waals surface area contributed by atoms with Crippen molar-refractivity contribution in [3.8, 4) is 0 Å². The number of benzene rings is 3. The van der Waals surface area contributed by atoms with Crippen LogP contribution in [0.5, 0.6) is 0 Å². The van der Waals surface area contributed by atoms with Gasteiger partial charge in [0, 0.05) is 34.4 Å². The van der Waals surface area contributed by atoms with Gasteiger partial charge < -0.3 is 15.2 Å². The van der Waals surface area contributed by atoms with E-state index in [0.717, 1.165) is 0 Å². The molecular formula is C20H15N2O5S-. The zero-order valence-electron chi connectivity index (χ0n) is 14.5. The Kier molecular flexibility index (Phi) is 4.37. The molecule has 1 atom stereocenters. The summed E-state index contributed by atoms with van der Waals surface area (Å²) in [6.45, 7) is 0. The van der Waals surface area contributed by atoms with E-state index < -0.39 is 28.5 Å². The molecule has 0 aromatic heterocycles. The zero-order chi connectivity index (χ0) is 19.9. The van der Waals surface area contributed by atoms with E-state index in [4.69, 9.17) is 0 Å². The SMILES string of the molecule is O=C([O-])C[C@@H](NS(=O)(=O)c1ccc2c3c(cccc13)C(=O)N2)c1ccccc1. The van der Waals surface area contributed by atoms with Gasteiger partial charge in [-0.1, -0.05) is 42.5 Å². The van der Waals surface area contributed by atoms with Gasteiger partial charge in [0.15, 0.2) is 0 Å². The van der Waals surface area contributed by atoms with Gasteiger partial charge in [0.2, 0.25) is 10.0 Å². The molecule has 3 aromatic rings. The van der Waals surface area contributed by atoms with Crippen LogP contribution in [-0.2, 0) is 14.8 Å². The first-order valence-electron chi connectivity index (χ1n) is 8.51. The van der Waals surface area contributed by atoms with Gasteiger partial charge in [0.25, 0.3) is 5.91 Å². The molecule has 8 heteroatoms. The highest BCUT2D eigenvalue weighted by Gasteiger charge is 2.28. The van der Waals surface area contributed by atoms with Gasteiger partial charge in [-0.25, -0.2) is 13.1 Å². The fraction of sp³-hybridized carbons (Fsp3) is 0.100. The third-order valence-electron chi connectivity index (χ3n) is 4.65. The number of sulfonamides is 1. The highest BCUT2D eigenvalue weighted by atomic mass is 32.2. The van der Waals surface area contributed by atoms with Crippen LogP contribution in [0.4, 0.5) is 5.69 Å². The Balaban J connectivity index is 1.79. The molecule has 0 radical (unpaired) electrons. The summed E-state index contributed by atoms with van der Waals surface area (Å²) in [6.07, 6.45) is -0.509. The first-order valence-corrected chi connectivity index (χ1v) is 9.99. The summed E-state index contributed by atoms with van der Waals surface area (Å²) >= 11 is 0. The van der Waals surface area contributed by atoms with Gasteiger partial charge in [-0.15, -0.1) is 0 Å². The maximum Gasteiger partial charge on any atom is 0.256 e. The fourth-order valence-corrected chi connectivity index (χ4v) is 4.86. The quantitative estimate of drug-likeness (QED) is 0.657. The van der Waals surface area contributed by atoms with E-state index in [2.05, 4.69) is 10.0 Å². The lowest BCUT2D eigenvalue weighted by atomic mass is 10.1. The Hall–Kier alpha value is -3.23. The first kappa shape index (κ1) is 18.1. The predicted octanol–water partition coefficient (Wildman–Crippen LogP) is 1.57. The van der Waals surface area contributed by atoms with Crippen LogP contribution in [0.2, 0.25) is 0 Å². The molecule has 1 heterocycles. The lowest BCUT2D eigenvalue weighted by Crippen LogP contribution is -2.34. The first-order chi connectivity index (χ1) is 13.4. The average Bonchev–Trinajstić information content (AvgIpc) is 2.99. The highest BCUT2D eigenvalue weighted by Crippen LogP contribution is 2.36. The fourth-order valence-electron chi connectivity index (χ4n) is 3.43. The minimum absolute atomic E-state index is 0.0242. The van der Waals surface area contributed by atoms with Crippen LogP contribution in [0.15, 0.2) is 65.6 Å². The predicted molar refractivity (Wildman–Crippen MR) is 101 cm³/mol. The monoisotopic (exact) mass is 395 g/mol. The molecule has 1 aliphatic heterocycles. The zero-order valence-corrected chi connectivity index (χ0v) is 15.3. The summed E-state index contributed by atoms with van der Waals surface area (Å²) in [7, 11) is -4.08. The molecule has 0 bridgehead atoms. The van der Waals surface area contributed by atoms with Crippen LogP contribution in [0.1, 0.15) is 28.4 Å². The second-order valence-corrected chi connectivity index (χ2v) is 8.14. The smallest absolute Gasteiger partial charge is 0.256 e. The molecule has 1 aliphatic rings. The summed E-state index contributed by atoms with van der Waals surface area (Å²) in [6, 6.07) is 15.2. The lowest BCUT2D eigenvalue weighted by molar-refractivity contribution is -0.306. The number of carboxylic acids is 1. The van der Waals surface area contributed by atoms with E-state index in [1.807, 2.05) is 0 Å². The summed E-state index contributed by atoms with van der Waals surface area (Å²) in [5.41, 5.74) is 1.46. The van der Waals surface area contributed by atoms with Crippen molar-refractivity contribution in [1.29, 1.82) is 0 Å². The van der Waals surface area contributed by atoms with E-state index >= 15 is 0 Å². The largest absolute Gasteiger partial charge is 0.550 e. The number of amides is 1. The number of rotatable bonds is 6. The Bertz CT molecular complexity index is 1210. The molecule has 28 heavy (non-hydrogen) atoms. The number of carbonyl (C=O) groups is 2. The number of nitrogens with one attached hydrogen (secondary N) is 2. The van der Waals surface area contributed by atoms with E-state index in [1.54, 1.807) is 48.5 Å². The van der Waals surface area contributed by atoms with Crippen molar-refractivity contribution in [2.24, 2.45) is 0 Å². The molecule has 1 amide bonds. The summed E-state index contributed by atoms with van der Waals surface area (Å²) in [5, 5.41) is 14.8. The minimum Gasteiger partial charge on any atom is -0.550 e. The molecule has 0 spiro atoms. The normalized spacial score (nSPS) is 14.1. The number of anilines is 1. The van der Waals surface area contributed by atoms with Gasteiger partial charge >= 0.3 is 0 Å². The second kappa shape index (κ2) is 6.74. The van der Waals surface area contributed by atoms with Crippen LogP contribution in [0, 0.1) is 0 Å². The molecule has 142 valence electrons. The molecule has 0 unspecified atom stereocenters. The number of carbonyl (C=O) groups excluding carboxylic acids is 2. The number of carboxylic acid groups (broad SMARTS) is 1. The maximum atomic E-state index is 13.1. The average molecular weight is 395 g/mol. The van der Waals surface area contributed by atoms with Gasteiger partial charge in [-0.3, -0.25) is 4.79 Å². The van der Waals surface area contributed by atoms with Crippen LogP contribution in [0.25, 0.3) is 10.8 Å². The van der Waals surface area contributed by atoms with Crippen molar-refractivity contribution in [2.45, 2.75) is 17.4 Å². The number of hydrogen-bond acceptors (Lipinski definition) is 5. The van der Waals surface area contributed by atoms with Gasteiger partial charge in [-0.05, 0) is 23.8 Å². The van der Waals surface area contributed by atoms with Gasteiger partial charge in [0.1, 0.15) is 0 Å². The molecule has 0 saturated carbocycles. The Morgan fingerprint density at radius 1 is 1.04 bits per heavy atom. The molecule has 0 aliphatic carbocycles. The van der Waals surface area contributed by atoms with Crippen molar-refractivity contribution in [1.82, 2.24) is 4.72 Å². The molecule has 7 nitrogen and oxygen atoms in total. The van der Waals surface area contributed by atoms with Gasteiger partial charge in [-0.2, -0.15) is 0 Å². The molecule has 0 saturated heterocycles. The summed E-state index contributed by atoms with van der Waals surface area (Å²) < 4.78 is 28.7. The summed E-state index contributed by atoms with van der Waals surface area (Å²) in [4.78, 5) is 23.2. The van der Waals surface area contributed by atoms with Crippen LogP contribution < -0.4 is 15.1 Å². The standard InChI is InChI=1S/C20H16N2O5S/c23-18(24)11-16(12-5-2-1-3-6-12)22-28(26,27)17-10-9-15-19-13(17)7-4-8-14(19)20(25)21-15/h1-10,16,22H,11H2,(H,21,25)(H,23,24)/p-1/t16-/m1/s1. The molecule has 4 rings (SSSR count). The second-order valence-electron chi connectivity index (χ2n) is 6.45. The minimum atomic E-state index is -4.08. The molecular weight excluding hydrogens is 380 g/mol. The van der Waals surface area contributed by atoms with Gasteiger partial charge in [0.05, 0.1) is 10.9 Å². The third-order valence-corrected chi connectivity index (χ3v) is 6.18. The van der Waals surface area contributed by atoms with Crippen LogP contribution >= 0.6 is 0 Å². The number of aliphatic carboxylic acids is 1.